The average molecular weight is 422 g/mol. The first-order valence-corrected chi connectivity index (χ1v) is 10.2. The molecule has 0 atom stereocenters. The molecule has 1 aliphatic rings. The van der Waals surface area contributed by atoms with Crippen LogP contribution in [0.5, 0.6) is 0 Å². The summed E-state index contributed by atoms with van der Waals surface area (Å²) in [7, 11) is 0. The van der Waals surface area contributed by atoms with Crippen molar-refractivity contribution in [2.24, 2.45) is 5.92 Å². The van der Waals surface area contributed by atoms with Gasteiger partial charge in [0, 0.05) is 6.54 Å². The van der Waals surface area contributed by atoms with Crippen molar-refractivity contribution in [2.45, 2.75) is 33.2 Å². The van der Waals surface area contributed by atoms with E-state index >= 15 is 0 Å². The fraction of sp³-hybridized carbons (Fsp3) is 0.304. The molecule has 1 N–H and O–H groups in total. The number of nitrogens with zero attached hydrogens (tertiary/aromatic N) is 3. The second-order valence-corrected chi connectivity index (χ2v) is 8.06. The molecule has 4 rings (SSSR count). The number of amides is 1. The number of hydrogen-bond acceptors (Lipinski definition) is 4. The largest absolute Gasteiger partial charge is 0.352 e. The van der Waals surface area contributed by atoms with Crippen molar-refractivity contribution >= 4 is 5.91 Å². The summed E-state index contributed by atoms with van der Waals surface area (Å²) < 4.78 is 15.3. The maximum Gasteiger partial charge on any atom is 0.352 e. The molecule has 1 fully saturated rings. The van der Waals surface area contributed by atoms with Gasteiger partial charge in [-0.15, -0.1) is 0 Å². The Morgan fingerprint density at radius 1 is 1.10 bits per heavy atom. The second-order valence-electron chi connectivity index (χ2n) is 8.06. The van der Waals surface area contributed by atoms with E-state index < -0.39 is 23.0 Å². The maximum absolute atomic E-state index is 13.3. The highest BCUT2D eigenvalue weighted by Gasteiger charge is 2.25. The van der Waals surface area contributed by atoms with E-state index in [0.717, 1.165) is 33.2 Å². The highest BCUT2D eigenvalue weighted by molar-refractivity contribution is 5.91. The van der Waals surface area contributed by atoms with Crippen LogP contribution in [-0.2, 0) is 6.54 Å². The number of carbonyl (C=O) groups excluding carboxylic acids is 1. The number of halogens is 1. The number of nitrogens with one attached hydrogen (secondary N) is 1. The van der Waals surface area contributed by atoms with E-state index in [-0.39, 0.29) is 12.2 Å². The molecule has 31 heavy (non-hydrogen) atoms. The first-order valence-electron chi connectivity index (χ1n) is 10.2. The van der Waals surface area contributed by atoms with Crippen molar-refractivity contribution in [1.29, 1.82) is 0 Å². The van der Waals surface area contributed by atoms with Crippen LogP contribution in [-0.4, -0.2) is 26.8 Å². The van der Waals surface area contributed by atoms with Crippen molar-refractivity contribution in [3.8, 4) is 5.69 Å². The normalized spacial score (nSPS) is 13.3. The Morgan fingerprint density at radius 2 is 1.74 bits per heavy atom. The van der Waals surface area contributed by atoms with E-state index in [4.69, 9.17) is 0 Å². The zero-order chi connectivity index (χ0) is 22.1. The number of carbonyl (C=O) groups is 1. The lowest BCUT2D eigenvalue weighted by Crippen LogP contribution is -2.46. The first-order chi connectivity index (χ1) is 14.8. The predicted octanol–water partition coefficient (Wildman–Crippen LogP) is 2.34. The molecule has 0 aliphatic heterocycles. The molecule has 2 aromatic carbocycles. The first kappa shape index (κ1) is 20.7. The van der Waals surface area contributed by atoms with Gasteiger partial charge in [0.15, 0.2) is 0 Å². The molecule has 1 amide bonds. The summed E-state index contributed by atoms with van der Waals surface area (Å²) in [6, 6.07) is 11.0. The molecule has 0 spiro atoms. The van der Waals surface area contributed by atoms with Gasteiger partial charge >= 0.3 is 5.69 Å². The summed E-state index contributed by atoms with van der Waals surface area (Å²) in [6.45, 7) is 4.15. The van der Waals surface area contributed by atoms with Gasteiger partial charge in [0.05, 0.1) is 12.2 Å². The lowest BCUT2D eigenvalue weighted by molar-refractivity contribution is 0.0942. The number of aromatic nitrogens is 3. The lowest BCUT2D eigenvalue weighted by Gasteiger charge is -2.13. The van der Waals surface area contributed by atoms with Crippen molar-refractivity contribution in [3.05, 3.63) is 91.5 Å². The number of benzene rings is 2. The fourth-order valence-corrected chi connectivity index (χ4v) is 3.45. The summed E-state index contributed by atoms with van der Waals surface area (Å²) in [4.78, 5) is 38.9. The highest BCUT2D eigenvalue weighted by Crippen LogP contribution is 2.27. The van der Waals surface area contributed by atoms with Crippen LogP contribution in [0.1, 0.15) is 40.0 Å². The van der Waals surface area contributed by atoms with E-state index in [1.54, 1.807) is 12.1 Å². The molecule has 0 bridgehead atoms. The molecule has 7 nitrogen and oxygen atoms in total. The molecule has 8 heteroatoms. The Hall–Kier alpha value is -3.55. The van der Waals surface area contributed by atoms with Crippen molar-refractivity contribution in [2.75, 3.05) is 6.54 Å². The minimum Gasteiger partial charge on any atom is -0.350 e. The van der Waals surface area contributed by atoms with Gasteiger partial charge in [0.25, 0.3) is 11.5 Å². The summed E-state index contributed by atoms with van der Waals surface area (Å²) in [5, 5.41) is 6.88. The molecular formula is C23H23FN4O3. The molecule has 0 saturated heterocycles. The molecule has 0 radical (unpaired) electrons. The molecule has 1 aromatic heterocycles. The minimum absolute atomic E-state index is 0.103. The van der Waals surface area contributed by atoms with Crippen LogP contribution >= 0.6 is 0 Å². The third kappa shape index (κ3) is 4.63. The maximum atomic E-state index is 13.3. The molecule has 1 saturated carbocycles. The summed E-state index contributed by atoms with van der Waals surface area (Å²) in [6.07, 6.45) is 2.09. The van der Waals surface area contributed by atoms with Crippen LogP contribution in [0.3, 0.4) is 0 Å². The van der Waals surface area contributed by atoms with E-state index in [2.05, 4.69) is 10.4 Å². The highest BCUT2D eigenvalue weighted by atomic mass is 19.1. The van der Waals surface area contributed by atoms with Crippen LogP contribution in [0, 0.1) is 25.6 Å². The van der Waals surface area contributed by atoms with Crippen molar-refractivity contribution in [3.63, 3.8) is 0 Å². The zero-order valence-electron chi connectivity index (χ0n) is 17.4. The zero-order valence-corrected chi connectivity index (χ0v) is 17.4. The van der Waals surface area contributed by atoms with Crippen LogP contribution in [0.25, 0.3) is 5.69 Å². The quantitative estimate of drug-likeness (QED) is 0.661. The van der Waals surface area contributed by atoms with Crippen molar-refractivity contribution in [1.82, 2.24) is 19.7 Å². The molecule has 1 heterocycles. The monoisotopic (exact) mass is 422 g/mol. The Labute approximate surface area is 178 Å². The van der Waals surface area contributed by atoms with Gasteiger partial charge in [-0.25, -0.2) is 9.18 Å². The fourth-order valence-electron chi connectivity index (χ4n) is 3.45. The third-order valence-corrected chi connectivity index (χ3v) is 5.23. The van der Waals surface area contributed by atoms with Crippen molar-refractivity contribution < 1.29 is 9.18 Å². The van der Waals surface area contributed by atoms with E-state index in [1.807, 2.05) is 19.9 Å². The Balaban J connectivity index is 1.84. The summed E-state index contributed by atoms with van der Waals surface area (Å²) in [5.41, 5.74) is 1.07. The lowest BCUT2D eigenvalue weighted by atomic mass is 10.1. The van der Waals surface area contributed by atoms with Gasteiger partial charge in [0.2, 0.25) is 5.69 Å². The summed E-state index contributed by atoms with van der Waals surface area (Å²) >= 11 is 0. The van der Waals surface area contributed by atoms with Crippen LogP contribution in [0.2, 0.25) is 0 Å². The molecule has 0 unspecified atom stereocenters. The van der Waals surface area contributed by atoms with Gasteiger partial charge in [-0.3, -0.25) is 14.2 Å². The Bertz CT molecular complexity index is 1240. The topological polar surface area (TPSA) is 86.0 Å². The van der Waals surface area contributed by atoms with Gasteiger partial charge in [-0.1, -0.05) is 18.2 Å². The molecule has 160 valence electrons. The van der Waals surface area contributed by atoms with E-state index in [1.165, 1.54) is 24.3 Å². The molecule has 1 aliphatic carbocycles. The SMILES string of the molecule is Cc1cc(C)cc(-n2nc(C(=O)NCC3CC3)c(=O)n(Cc3ccc(F)cc3)c2=O)c1. The predicted molar refractivity (Wildman–Crippen MR) is 114 cm³/mol. The standard InChI is InChI=1S/C23H23FN4O3/c1-14-9-15(2)11-19(10-14)28-23(31)27(13-17-5-7-18(24)8-6-17)22(30)20(26-28)21(29)25-12-16-3-4-16/h5-11,16H,3-4,12-13H2,1-2H3,(H,25,29). The minimum atomic E-state index is -0.775. The van der Waals surface area contributed by atoms with Crippen LogP contribution in [0.15, 0.2) is 52.1 Å². The summed E-state index contributed by atoms with van der Waals surface area (Å²) in [5.74, 6) is -0.600. The number of hydrogen-bond donors (Lipinski definition) is 1. The van der Waals surface area contributed by atoms with Gasteiger partial charge in [0.1, 0.15) is 5.82 Å². The van der Waals surface area contributed by atoms with Gasteiger partial charge in [-0.05, 0) is 73.6 Å². The average Bonchev–Trinajstić information content (AvgIpc) is 3.54. The van der Waals surface area contributed by atoms with Gasteiger partial charge < -0.3 is 5.32 Å². The molecule has 3 aromatic rings. The van der Waals surface area contributed by atoms with Gasteiger partial charge in [-0.2, -0.15) is 9.78 Å². The van der Waals surface area contributed by atoms with E-state index in [0.29, 0.717) is 23.7 Å². The third-order valence-electron chi connectivity index (χ3n) is 5.23. The molecular weight excluding hydrogens is 399 g/mol. The second kappa shape index (κ2) is 8.29. The number of rotatable bonds is 6. The Kier molecular flexibility index (Phi) is 5.54. The Morgan fingerprint density at radius 3 is 2.35 bits per heavy atom. The van der Waals surface area contributed by atoms with E-state index in [9.17, 15) is 18.8 Å². The van der Waals surface area contributed by atoms with Crippen LogP contribution < -0.4 is 16.6 Å². The van der Waals surface area contributed by atoms with Crippen LogP contribution in [0.4, 0.5) is 4.39 Å². The number of aryl methyl sites for hydroxylation is 2. The smallest absolute Gasteiger partial charge is 0.350 e.